The van der Waals surface area contributed by atoms with E-state index in [-0.39, 0.29) is 30.5 Å². The predicted molar refractivity (Wildman–Crippen MR) is 91.6 cm³/mol. The number of hydrogen-bond donors (Lipinski definition) is 2. The molecule has 9 heteroatoms. The van der Waals surface area contributed by atoms with E-state index in [9.17, 15) is 13.2 Å². The Morgan fingerprint density at radius 1 is 1.27 bits per heavy atom. The van der Waals surface area contributed by atoms with Crippen LogP contribution in [0, 0.1) is 6.92 Å². The molecule has 1 rings (SSSR count). The largest absolute Gasteiger partial charge is 0.390 e. The zero-order valence-corrected chi connectivity index (χ0v) is 15.1. The zero-order valence-electron chi connectivity index (χ0n) is 12.8. The lowest BCUT2D eigenvalue weighted by molar-refractivity contribution is -0.132. The van der Waals surface area contributed by atoms with E-state index in [1.165, 1.54) is 7.05 Å². The number of imidazole rings is 1. The molecule has 5 nitrogen and oxygen atoms in total. The zero-order chi connectivity index (χ0) is 15.7. The van der Waals surface area contributed by atoms with Crippen LogP contribution < -0.4 is 10.6 Å². The fourth-order valence-corrected chi connectivity index (χ4v) is 1.80. The van der Waals surface area contributed by atoms with Crippen molar-refractivity contribution in [3.05, 3.63) is 18.2 Å². The van der Waals surface area contributed by atoms with Crippen LogP contribution in [0.4, 0.5) is 13.2 Å². The average molecular weight is 433 g/mol. The van der Waals surface area contributed by atoms with Crippen molar-refractivity contribution in [3.8, 4) is 0 Å². The van der Waals surface area contributed by atoms with E-state index in [4.69, 9.17) is 0 Å². The van der Waals surface area contributed by atoms with E-state index in [1.54, 1.807) is 6.20 Å². The van der Waals surface area contributed by atoms with Crippen LogP contribution in [0.15, 0.2) is 17.4 Å². The van der Waals surface area contributed by atoms with Gasteiger partial charge in [-0.3, -0.25) is 4.99 Å². The number of halogens is 4. The van der Waals surface area contributed by atoms with Crippen molar-refractivity contribution >= 4 is 29.9 Å². The predicted octanol–water partition coefficient (Wildman–Crippen LogP) is 2.71. The van der Waals surface area contributed by atoms with Crippen molar-refractivity contribution in [3.63, 3.8) is 0 Å². The number of alkyl halides is 3. The molecule has 0 aromatic carbocycles. The first-order chi connectivity index (χ1) is 9.92. The van der Waals surface area contributed by atoms with Crippen molar-refractivity contribution < 1.29 is 13.2 Å². The number of aryl methyl sites for hydroxylation is 2. The molecule has 0 radical (unpaired) electrons. The summed E-state index contributed by atoms with van der Waals surface area (Å²) < 4.78 is 38.1. The Kier molecular flexibility index (Phi) is 10.2. The summed E-state index contributed by atoms with van der Waals surface area (Å²) in [6, 6.07) is 0. The Bertz CT molecular complexity index is 445. The smallest absolute Gasteiger partial charge is 0.356 e. The number of unbranched alkanes of at least 4 members (excludes halogenated alkanes) is 1. The molecule has 1 aromatic rings. The van der Waals surface area contributed by atoms with Gasteiger partial charge in [-0.1, -0.05) is 0 Å². The Morgan fingerprint density at radius 2 is 1.95 bits per heavy atom. The van der Waals surface area contributed by atoms with Crippen LogP contribution in [-0.4, -0.2) is 41.8 Å². The molecule has 0 aliphatic rings. The maximum Gasteiger partial charge on any atom is 0.390 e. The first-order valence-corrected chi connectivity index (χ1v) is 6.91. The van der Waals surface area contributed by atoms with Crippen LogP contribution in [0.25, 0.3) is 0 Å². The molecule has 0 spiro atoms. The highest BCUT2D eigenvalue weighted by Gasteiger charge is 2.26. The van der Waals surface area contributed by atoms with Gasteiger partial charge in [0.2, 0.25) is 0 Å². The number of aromatic nitrogens is 2. The minimum atomic E-state index is -4.14. The van der Waals surface area contributed by atoms with Gasteiger partial charge in [0.15, 0.2) is 5.96 Å². The Balaban J connectivity index is 0.00000441. The lowest BCUT2D eigenvalue weighted by Gasteiger charge is -2.13. The monoisotopic (exact) mass is 433 g/mol. The summed E-state index contributed by atoms with van der Waals surface area (Å²) in [5.41, 5.74) is 0. The molecule has 0 saturated heterocycles. The molecule has 0 unspecified atom stereocenters. The van der Waals surface area contributed by atoms with Crippen molar-refractivity contribution in [2.24, 2.45) is 4.99 Å². The molecule has 128 valence electrons. The van der Waals surface area contributed by atoms with Gasteiger partial charge in [0.05, 0.1) is 6.42 Å². The first kappa shape index (κ1) is 21.0. The molecular formula is C13H23F3IN5. The Hall–Kier alpha value is -1.00. The fourth-order valence-electron chi connectivity index (χ4n) is 1.80. The van der Waals surface area contributed by atoms with Gasteiger partial charge < -0.3 is 15.2 Å². The van der Waals surface area contributed by atoms with Crippen LogP contribution in [-0.2, 0) is 6.54 Å². The third kappa shape index (κ3) is 9.11. The van der Waals surface area contributed by atoms with Crippen LogP contribution in [0.2, 0.25) is 0 Å². The molecular weight excluding hydrogens is 410 g/mol. The van der Waals surface area contributed by atoms with E-state index >= 15 is 0 Å². The van der Waals surface area contributed by atoms with Gasteiger partial charge in [0.25, 0.3) is 0 Å². The van der Waals surface area contributed by atoms with Gasteiger partial charge in [-0.2, -0.15) is 13.2 Å². The van der Waals surface area contributed by atoms with Gasteiger partial charge in [-0.15, -0.1) is 24.0 Å². The summed E-state index contributed by atoms with van der Waals surface area (Å²) >= 11 is 0. The highest BCUT2D eigenvalue weighted by molar-refractivity contribution is 14.0. The summed E-state index contributed by atoms with van der Waals surface area (Å²) in [7, 11) is 1.54. The molecule has 0 bridgehead atoms. The Morgan fingerprint density at radius 3 is 2.50 bits per heavy atom. The van der Waals surface area contributed by atoms with E-state index in [0.29, 0.717) is 12.5 Å². The topological polar surface area (TPSA) is 54.2 Å². The van der Waals surface area contributed by atoms with Gasteiger partial charge in [0, 0.05) is 39.1 Å². The van der Waals surface area contributed by atoms with Gasteiger partial charge >= 0.3 is 6.18 Å². The number of rotatable bonds is 7. The van der Waals surface area contributed by atoms with Crippen molar-refractivity contribution in [2.45, 2.75) is 38.9 Å². The first-order valence-electron chi connectivity index (χ1n) is 6.91. The molecule has 0 aliphatic carbocycles. The van der Waals surface area contributed by atoms with Gasteiger partial charge in [0.1, 0.15) is 5.82 Å². The van der Waals surface area contributed by atoms with Crippen LogP contribution in [0.5, 0.6) is 0 Å². The molecule has 0 atom stereocenters. The van der Waals surface area contributed by atoms with E-state index in [2.05, 4.69) is 25.2 Å². The maximum atomic E-state index is 12.0. The van der Waals surface area contributed by atoms with Crippen LogP contribution >= 0.6 is 24.0 Å². The molecule has 0 amide bonds. The molecule has 1 aromatic heterocycles. The number of aliphatic imine (C=N–C) groups is 1. The molecule has 2 N–H and O–H groups in total. The fraction of sp³-hybridized carbons (Fsp3) is 0.692. The SMILES string of the molecule is CN=C(NCCCCn1ccnc1C)NCCC(F)(F)F.I. The molecule has 22 heavy (non-hydrogen) atoms. The number of nitrogens with one attached hydrogen (secondary N) is 2. The van der Waals surface area contributed by atoms with E-state index < -0.39 is 12.6 Å². The highest BCUT2D eigenvalue weighted by atomic mass is 127. The van der Waals surface area contributed by atoms with Crippen LogP contribution in [0.3, 0.4) is 0 Å². The minimum Gasteiger partial charge on any atom is -0.356 e. The standard InChI is InChI=1S/C13H22F3N5.HI/c1-11-18-8-10-21(11)9-4-3-6-19-12(17-2)20-7-5-13(14,15)16;/h8,10H,3-7,9H2,1-2H3,(H2,17,19,20);1H. The number of nitrogens with zero attached hydrogens (tertiary/aromatic N) is 3. The lowest BCUT2D eigenvalue weighted by Crippen LogP contribution is -2.39. The van der Waals surface area contributed by atoms with Crippen molar-refractivity contribution in [1.82, 2.24) is 20.2 Å². The van der Waals surface area contributed by atoms with Gasteiger partial charge in [-0.05, 0) is 19.8 Å². The molecule has 0 fully saturated rings. The third-order valence-corrected chi connectivity index (χ3v) is 2.97. The van der Waals surface area contributed by atoms with Crippen molar-refractivity contribution in [2.75, 3.05) is 20.1 Å². The summed E-state index contributed by atoms with van der Waals surface area (Å²) in [6.45, 7) is 3.33. The summed E-state index contributed by atoms with van der Waals surface area (Å²) in [4.78, 5) is 8.02. The number of hydrogen-bond acceptors (Lipinski definition) is 2. The molecule has 1 heterocycles. The highest BCUT2D eigenvalue weighted by Crippen LogP contribution is 2.17. The summed E-state index contributed by atoms with van der Waals surface area (Å²) in [5.74, 6) is 1.38. The van der Waals surface area contributed by atoms with E-state index in [0.717, 1.165) is 25.2 Å². The summed E-state index contributed by atoms with van der Waals surface area (Å²) in [5, 5.41) is 5.64. The second kappa shape index (κ2) is 10.7. The number of guanidine groups is 1. The average Bonchev–Trinajstić information content (AvgIpc) is 2.80. The normalized spacial score (nSPS) is 12.0. The maximum absolute atomic E-state index is 12.0. The van der Waals surface area contributed by atoms with Crippen molar-refractivity contribution in [1.29, 1.82) is 0 Å². The molecule has 0 saturated carbocycles. The lowest BCUT2D eigenvalue weighted by atomic mass is 10.3. The second-order valence-corrected chi connectivity index (χ2v) is 4.67. The van der Waals surface area contributed by atoms with Gasteiger partial charge in [-0.25, -0.2) is 4.98 Å². The van der Waals surface area contributed by atoms with E-state index in [1.807, 2.05) is 13.1 Å². The van der Waals surface area contributed by atoms with Crippen LogP contribution in [0.1, 0.15) is 25.1 Å². The quantitative estimate of drug-likeness (QED) is 0.301. The minimum absolute atomic E-state index is 0. The Labute approximate surface area is 145 Å². The summed E-state index contributed by atoms with van der Waals surface area (Å²) in [6.07, 6.45) is 0.545. The molecule has 0 aliphatic heterocycles. The third-order valence-electron chi connectivity index (χ3n) is 2.97. The second-order valence-electron chi connectivity index (χ2n) is 4.67.